The summed E-state index contributed by atoms with van der Waals surface area (Å²) < 4.78 is 54.2. The van der Waals surface area contributed by atoms with Crippen LogP contribution in [0.15, 0.2) is 36.4 Å². The first-order valence-corrected chi connectivity index (χ1v) is 12.6. The highest BCUT2D eigenvalue weighted by atomic mass is 31.2. The van der Waals surface area contributed by atoms with Gasteiger partial charge in [0.2, 0.25) is 0 Å². The highest BCUT2D eigenvalue weighted by Crippen LogP contribution is 2.78. The largest absolute Gasteiger partial charge is 0.423 e. The van der Waals surface area contributed by atoms with Crippen LogP contribution in [0.3, 0.4) is 0 Å². The number of hydrogen-bond acceptors (Lipinski definition) is 8. The highest BCUT2D eigenvalue weighted by molar-refractivity contribution is 7.72. The number of ether oxygens (including phenoxy) is 1. The fraction of sp³-hybridized carbons (Fsp3) is 0.526. The Morgan fingerprint density at radius 1 is 0.862 bits per heavy atom. The minimum absolute atomic E-state index is 0.0837. The Morgan fingerprint density at radius 2 is 1.24 bits per heavy atom. The average Bonchev–Trinajstić information content (AvgIpc) is 2.63. The van der Waals surface area contributed by atoms with Gasteiger partial charge in [-0.2, -0.15) is 0 Å². The summed E-state index contributed by atoms with van der Waals surface area (Å²) in [4.78, 5) is 11.7. The molecule has 0 amide bonds. The van der Waals surface area contributed by atoms with Gasteiger partial charge in [-0.05, 0) is 52.3 Å². The number of rotatable bonds is 13. The molecule has 0 fully saturated rings. The van der Waals surface area contributed by atoms with E-state index in [1.807, 2.05) is 0 Å². The van der Waals surface area contributed by atoms with E-state index < -0.39 is 26.6 Å². The first kappa shape index (κ1) is 25.8. The number of carbonyl (C=O) groups is 1. The van der Waals surface area contributed by atoms with Gasteiger partial charge in [0.05, 0.1) is 26.4 Å². The number of carbonyl (C=O) groups excluding carboxylic acids is 1. The molecular formula is C19H30O8P2. The first-order chi connectivity index (χ1) is 13.7. The van der Waals surface area contributed by atoms with E-state index in [0.29, 0.717) is 5.56 Å². The second-order valence-corrected chi connectivity index (χ2v) is 10.5. The zero-order valence-corrected chi connectivity index (χ0v) is 19.4. The fourth-order valence-electron chi connectivity index (χ4n) is 2.52. The van der Waals surface area contributed by atoms with E-state index in [2.05, 4.69) is 6.58 Å². The summed E-state index contributed by atoms with van der Waals surface area (Å²) in [6.45, 7) is 12.0. The van der Waals surface area contributed by atoms with Gasteiger partial charge in [0.25, 0.3) is 0 Å². The quantitative estimate of drug-likeness (QED) is 0.164. The second-order valence-electron chi connectivity index (χ2n) is 5.86. The Morgan fingerprint density at radius 3 is 1.55 bits per heavy atom. The van der Waals surface area contributed by atoms with Crippen LogP contribution in [0.5, 0.6) is 5.75 Å². The maximum Gasteiger partial charge on any atom is 0.350 e. The number of hydrogen-bond donors (Lipinski definition) is 0. The molecule has 1 rings (SSSR count). The van der Waals surface area contributed by atoms with Crippen LogP contribution < -0.4 is 4.74 Å². The van der Waals surface area contributed by atoms with Crippen LogP contribution in [-0.2, 0) is 32.0 Å². The van der Waals surface area contributed by atoms with E-state index in [9.17, 15) is 13.9 Å². The van der Waals surface area contributed by atoms with Crippen LogP contribution in [0, 0.1) is 0 Å². The van der Waals surface area contributed by atoms with Crippen molar-refractivity contribution in [3.63, 3.8) is 0 Å². The molecule has 0 radical (unpaired) electrons. The van der Waals surface area contributed by atoms with Gasteiger partial charge in [-0.3, -0.25) is 9.13 Å². The first-order valence-electron chi connectivity index (χ1n) is 9.42. The van der Waals surface area contributed by atoms with Gasteiger partial charge in [-0.1, -0.05) is 18.7 Å². The molecule has 10 heteroatoms. The van der Waals surface area contributed by atoms with Crippen molar-refractivity contribution < 1.29 is 36.8 Å². The summed E-state index contributed by atoms with van der Waals surface area (Å²) in [5.41, 5.74) is 0.608. The van der Waals surface area contributed by atoms with Crippen molar-refractivity contribution in [1.82, 2.24) is 0 Å². The van der Waals surface area contributed by atoms with Gasteiger partial charge in [-0.15, -0.1) is 0 Å². The molecule has 0 N–H and O–H groups in total. The van der Waals surface area contributed by atoms with E-state index >= 15 is 0 Å². The summed E-state index contributed by atoms with van der Waals surface area (Å²) in [7, 11) is -7.85. The highest BCUT2D eigenvalue weighted by Gasteiger charge is 2.51. The molecule has 29 heavy (non-hydrogen) atoms. The van der Waals surface area contributed by atoms with E-state index in [4.69, 9.17) is 22.8 Å². The van der Waals surface area contributed by atoms with Crippen molar-refractivity contribution in [2.75, 3.05) is 26.4 Å². The lowest BCUT2D eigenvalue weighted by atomic mass is 10.2. The van der Waals surface area contributed by atoms with Crippen molar-refractivity contribution in [2.45, 2.75) is 40.0 Å². The molecule has 0 spiro atoms. The van der Waals surface area contributed by atoms with E-state index in [0.717, 1.165) is 0 Å². The SMILES string of the molecule is C=C(C)C(=O)Oc1ccc(C(P(=O)(OCC)OCC)P(=O)(OCC)OCC)cc1. The third kappa shape index (κ3) is 6.88. The molecule has 0 atom stereocenters. The maximum absolute atomic E-state index is 13.6. The standard InChI is InChI=1S/C19H30O8P2/c1-7-23-28(21,24-8-2)19(29(22,25-9-3)26-10-4)16-11-13-17(14-12-16)27-18(20)15(5)6/h11-14,19H,5,7-10H2,1-4,6H3. The van der Waals surface area contributed by atoms with Crippen molar-refractivity contribution in [1.29, 1.82) is 0 Å². The zero-order valence-electron chi connectivity index (χ0n) is 17.6. The predicted molar refractivity (Wildman–Crippen MR) is 111 cm³/mol. The van der Waals surface area contributed by atoms with Gasteiger partial charge in [0.1, 0.15) is 5.75 Å². The molecule has 8 nitrogen and oxygen atoms in total. The Kier molecular flexibility index (Phi) is 10.5. The van der Waals surface area contributed by atoms with Gasteiger partial charge in [0.15, 0.2) is 5.40 Å². The molecule has 0 aliphatic heterocycles. The van der Waals surface area contributed by atoms with Crippen LogP contribution in [-0.4, -0.2) is 32.4 Å². The molecule has 0 aromatic heterocycles. The van der Waals surface area contributed by atoms with Gasteiger partial charge >= 0.3 is 21.2 Å². The molecule has 0 saturated carbocycles. The summed E-state index contributed by atoms with van der Waals surface area (Å²) >= 11 is 0. The molecule has 0 saturated heterocycles. The van der Waals surface area contributed by atoms with Crippen LogP contribution in [0.1, 0.15) is 45.6 Å². The minimum Gasteiger partial charge on any atom is -0.423 e. The minimum atomic E-state index is -3.93. The molecule has 164 valence electrons. The Labute approximate surface area is 172 Å². The Bertz CT molecular complexity index is 725. The molecule has 0 aliphatic carbocycles. The van der Waals surface area contributed by atoms with E-state index in [1.54, 1.807) is 27.7 Å². The molecule has 1 aromatic rings. The Hall–Kier alpha value is -1.27. The summed E-state index contributed by atoms with van der Waals surface area (Å²) in [6, 6.07) is 6.05. The number of esters is 1. The van der Waals surface area contributed by atoms with Crippen molar-refractivity contribution >= 4 is 21.2 Å². The molecule has 0 heterocycles. The van der Waals surface area contributed by atoms with Crippen molar-refractivity contribution in [3.05, 3.63) is 42.0 Å². The lowest BCUT2D eigenvalue weighted by Crippen LogP contribution is -2.12. The topological polar surface area (TPSA) is 97.4 Å². The predicted octanol–water partition coefficient (Wildman–Crippen LogP) is 5.70. The molecule has 0 aliphatic rings. The van der Waals surface area contributed by atoms with Crippen LogP contribution in [0.4, 0.5) is 0 Å². The maximum atomic E-state index is 13.6. The molecule has 1 aromatic carbocycles. The third-order valence-electron chi connectivity index (χ3n) is 3.57. The van der Waals surface area contributed by atoms with Crippen LogP contribution >= 0.6 is 15.2 Å². The average molecular weight is 448 g/mol. The molecule has 0 unspecified atom stereocenters. The fourth-order valence-corrected chi connectivity index (χ4v) is 7.93. The summed E-state index contributed by atoms with van der Waals surface area (Å²) in [6.07, 6.45) is 0. The third-order valence-corrected chi connectivity index (χ3v) is 9.54. The smallest absolute Gasteiger partial charge is 0.350 e. The monoisotopic (exact) mass is 448 g/mol. The number of benzene rings is 1. The van der Waals surface area contributed by atoms with Crippen LogP contribution in [0.25, 0.3) is 0 Å². The molecule has 0 bridgehead atoms. The summed E-state index contributed by atoms with van der Waals surface area (Å²) in [5, 5.41) is -1.29. The summed E-state index contributed by atoms with van der Waals surface area (Å²) in [5.74, 6) is -0.316. The van der Waals surface area contributed by atoms with Gasteiger partial charge in [-0.25, -0.2) is 4.79 Å². The zero-order chi connectivity index (χ0) is 22.1. The van der Waals surface area contributed by atoms with E-state index in [-0.39, 0.29) is 37.8 Å². The molecular weight excluding hydrogens is 418 g/mol. The lowest BCUT2D eigenvalue weighted by Gasteiger charge is -2.31. The van der Waals surface area contributed by atoms with Crippen molar-refractivity contribution in [2.24, 2.45) is 0 Å². The normalized spacial score (nSPS) is 12.2. The van der Waals surface area contributed by atoms with E-state index in [1.165, 1.54) is 31.2 Å². The lowest BCUT2D eigenvalue weighted by molar-refractivity contribution is -0.130. The van der Waals surface area contributed by atoms with Gasteiger partial charge < -0.3 is 22.8 Å². The van der Waals surface area contributed by atoms with Crippen LogP contribution in [0.2, 0.25) is 0 Å². The van der Waals surface area contributed by atoms with Crippen molar-refractivity contribution in [3.8, 4) is 5.75 Å². The Balaban J connectivity index is 3.47. The second kappa shape index (κ2) is 11.8. The van der Waals surface area contributed by atoms with Gasteiger partial charge in [0, 0.05) is 5.57 Å².